The fourth-order valence-corrected chi connectivity index (χ4v) is 4.92. The second kappa shape index (κ2) is 6.85. The van der Waals surface area contributed by atoms with Crippen LogP contribution < -0.4 is 5.32 Å². The molecule has 0 aliphatic heterocycles. The maximum atomic E-state index is 12.5. The van der Waals surface area contributed by atoms with Crippen LogP contribution in [0.2, 0.25) is 0 Å². The van der Waals surface area contributed by atoms with Crippen LogP contribution in [-0.4, -0.2) is 31.9 Å². The largest absolute Gasteiger partial charge is 0.309 e. The number of hydrogen-bond donors (Lipinski definition) is 1. The second-order valence-corrected chi connectivity index (χ2v) is 8.36. The first-order valence-electron chi connectivity index (χ1n) is 7.01. The molecule has 0 aromatic carbocycles. The van der Waals surface area contributed by atoms with Gasteiger partial charge in [0.05, 0.1) is 0 Å². The predicted molar refractivity (Wildman–Crippen MR) is 83.4 cm³/mol. The summed E-state index contributed by atoms with van der Waals surface area (Å²) in [4.78, 5) is 1.07. The molecule has 1 fully saturated rings. The van der Waals surface area contributed by atoms with E-state index in [0.717, 1.165) is 17.8 Å². The summed E-state index contributed by atoms with van der Waals surface area (Å²) < 4.78 is 27.0. The highest BCUT2D eigenvalue weighted by atomic mass is 32.2. The van der Waals surface area contributed by atoms with E-state index in [9.17, 15) is 8.42 Å². The number of thiophene rings is 1. The lowest BCUT2D eigenvalue weighted by atomic mass is 10.4. The monoisotopic (exact) mass is 314 g/mol. The van der Waals surface area contributed by atoms with Crippen molar-refractivity contribution < 1.29 is 8.42 Å². The quantitative estimate of drug-likeness (QED) is 0.713. The SMILES string of the molecule is C=CCN(CCC)S(=O)(=O)c1ccc(CNC2CC2)s1. The van der Waals surface area contributed by atoms with Gasteiger partial charge in [0.2, 0.25) is 0 Å². The van der Waals surface area contributed by atoms with Gasteiger partial charge in [-0.05, 0) is 31.4 Å². The van der Waals surface area contributed by atoms with E-state index in [2.05, 4.69) is 11.9 Å². The number of nitrogens with zero attached hydrogens (tertiary/aromatic N) is 1. The predicted octanol–water partition coefficient (Wildman–Crippen LogP) is 2.59. The van der Waals surface area contributed by atoms with Crippen LogP contribution in [0.25, 0.3) is 0 Å². The molecule has 112 valence electrons. The van der Waals surface area contributed by atoms with Crippen molar-refractivity contribution in [3.63, 3.8) is 0 Å². The molecule has 1 saturated carbocycles. The van der Waals surface area contributed by atoms with Crippen LogP contribution in [0.1, 0.15) is 31.1 Å². The van der Waals surface area contributed by atoms with Crippen molar-refractivity contribution in [2.45, 2.75) is 43.0 Å². The van der Waals surface area contributed by atoms with Crippen molar-refractivity contribution in [2.24, 2.45) is 0 Å². The zero-order valence-corrected chi connectivity index (χ0v) is 13.5. The average molecular weight is 314 g/mol. The van der Waals surface area contributed by atoms with Gasteiger partial charge in [-0.2, -0.15) is 4.31 Å². The lowest BCUT2D eigenvalue weighted by Gasteiger charge is -2.18. The zero-order valence-electron chi connectivity index (χ0n) is 11.8. The van der Waals surface area contributed by atoms with Crippen molar-refractivity contribution in [1.82, 2.24) is 9.62 Å². The van der Waals surface area contributed by atoms with Gasteiger partial charge in [-0.25, -0.2) is 8.42 Å². The highest BCUT2D eigenvalue weighted by molar-refractivity contribution is 7.91. The van der Waals surface area contributed by atoms with Crippen LogP contribution in [-0.2, 0) is 16.6 Å². The molecular weight excluding hydrogens is 292 g/mol. The number of rotatable bonds is 9. The number of sulfonamides is 1. The first-order chi connectivity index (χ1) is 9.57. The molecule has 4 nitrogen and oxygen atoms in total. The fraction of sp³-hybridized carbons (Fsp3) is 0.571. The third-order valence-corrected chi connectivity index (χ3v) is 6.60. The summed E-state index contributed by atoms with van der Waals surface area (Å²) in [6.07, 6.45) is 4.91. The molecular formula is C14H22N2O2S2. The van der Waals surface area contributed by atoms with Crippen molar-refractivity contribution >= 4 is 21.4 Å². The maximum absolute atomic E-state index is 12.5. The van der Waals surface area contributed by atoms with Crippen molar-refractivity contribution in [1.29, 1.82) is 0 Å². The third-order valence-electron chi connectivity index (χ3n) is 3.18. The summed E-state index contributed by atoms with van der Waals surface area (Å²) in [5.41, 5.74) is 0. The van der Waals surface area contributed by atoms with Gasteiger partial charge in [0, 0.05) is 30.6 Å². The Hall–Kier alpha value is -0.690. The summed E-state index contributed by atoms with van der Waals surface area (Å²) in [6.45, 7) is 7.27. The first kappa shape index (κ1) is 15.7. The van der Waals surface area contributed by atoms with Gasteiger partial charge in [0.1, 0.15) is 4.21 Å². The Balaban J connectivity index is 2.08. The van der Waals surface area contributed by atoms with Gasteiger partial charge in [0.15, 0.2) is 0 Å². The highest BCUT2D eigenvalue weighted by Crippen LogP contribution is 2.26. The summed E-state index contributed by atoms with van der Waals surface area (Å²) in [5, 5.41) is 3.40. The summed E-state index contributed by atoms with van der Waals surface area (Å²) in [6, 6.07) is 4.26. The molecule has 0 radical (unpaired) electrons. The molecule has 0 atom stereocenters. The van der Waals surface area contributed by atoms with Crippen LogP contribution in [0.3, 0.4) is 0 Å². The highest BCUT2D eigenvalue weighted by Gasteiger charge is 2.25. The molecule has 1 aromatic heterocycles. The lowest BCUT2D eigenvalue weighted by molar-refractivity contribution is 0.443. The van der Waals surface area contributed by atoms with E-state index in [1.54, 1.807) is 12.1 Å². The molecule has 0 unspecified atom stereocenters. The zero-order chi connectivity index (χ0) is 14.6. The minimum absolute atomic E-state index is 0.365. The molecule has 6 heteroatoms. The van der Waals surface area contributed by atoms with E-state index < -0.39 is 10.0 Å². The Labute approximate surface area is 125 Å². The number of hydrogen-bond acceptors (Lipinski definition) is 4. The normalized spacial score (nSPS) is 15.7. The Morgan fingerprint density at radius 1 is 1.50 bits per heavy atom. The standard InChI is InChI=1S/C14H22N2O2S2/c1-3-9-16(10-4-2)20(17,18)14-8-7-13(19-14)11-15-12-5-6-12/h3,7-8,12,15H,1,4-6,9-11H2,2H3. The molecule has 0 spiro atoms. The van der Waals surface area contributed by atoms with E-state index in [4.69, 9.17) is 0 Å². The maximum Gasteiger partial charge on any atom is 0.252 e. The molecule has 1 aliphatic carbocycles. The summed E-state index contributed by atoms with van der Waals surface area (Å²) >= 11 is 1.36. The van der Waals surface area contributed by atoms with Gasteiger partial charge in [-0.3, -0.25) is 0 Å². The van der Waals surface area contributed by atoms with Crippen LogP contribution >= 0.6 is 11.3 Å². The molecule has 1 aliphatic rings. The summed E-state index contributed by atoms with van der Waals surface area (Å²) in [7, 11) is -3.37. The van der Waals surface area contributed by atoms with Gasteiger partial charge >= 0.3 is 0 Å². The van der Waals surface area contributed by atoms with Crippen molar-refractivity contribution in [3.8, 4) is 0 Å². The minimum atomic E-state index is -3.37. The molecule has 2 rings (SSSR count). The van der Waals surface area contributed by atoms with E-state index in [-0.39, 0.29) is 0 Å². The smallest absolute Gasteiger partial charge is 0.252 e. The third kappa shape index (κ3) is 3.91. The molecule has 1 aromatic rings. The Kier molecular flexibility index (Phi) is 5.37. The van der Waals surface area contributed by atoms with Gasteiger partial charge < -0.3 is 5.32 Å². The molecule has 1 heterocycles. The van der Waals surface area contributed by atoms with Gasteiger partial charge in [-0.15, -0.1) is 17.9 Å². The Morgan fingerprint density at radius 3 is 2.85 bits per heavy atom. The average Bonchev–Trinajstić information content (AvgIpc) is 3.12. The van der Waals surface area contributed by atoms with Crippen LogP contribution in [0.4, 0.5) is 0 Å². The lowest BCUT2D eigenvalue weighted by Crippen LogP contribution is -2.31. The Morgan fingerprint density at radius 2 is 2.25 bits per heavy atom. The minimum Gasteiger partial charge on any atom is -0.309 e. The number of nitrogens with one attached hydrogen (secondary N) is 1. The van der Waals surface area contributed by atoms with E-state index in [1.807, 2.05) is 13.0 Å². The van der Waals surface area contributed by atoms with E-state index in [1.165, 1.54) is 28.5 Å². The molecule has 20 heavy (non-hydrogen) atoms. The van der Waals surface area contributed by atoms with Crippen LogP contribution in [0, 0.1) is 0 Å². The van der Waals surface area contributed by atoms with Crippen molar-refractivity contribution in [2.75, 3.05) is 13.1 Å². The molecule has 0 bridgehead atoms. The summed E-state index contributed by atoms with van der Waals surface area (Å²) in [5.74, 6) is 0. The molecule has 0 saturated heterocycles. The second-order valence-electron chi connectivity index (χ2n) is 5.03. The van der Waals surface area contributed by atoms with Gasteiger partial charge in [-0.1, -0.05) is 13.0 Å². The Bertz CT molecular complexity index is 547. The van der Waals surface area contributed by atoms with Gasteiger partial charge in [0.25, 0.3) is 10.0 Å². The molecule has 1 N–H and O–H groups in total. The first-order valence-corrected chi connectivity index (χ1v) is 9.26. The van der Waals surface area contributed by atoms with Crippen molar-refractivity contribution in [3.05, 3.63) is 29.7 Å². The van der Waals surface area contributed by atoms with E-state index >= 15 is 0 Å². The fourth-order valence-electron chi connectivity index (χ4n) is 1.95. The van der Waals surface area contributed by atoms with Crippen LogP contribution in [0.5, 0.6) is 0 Å². The molecule has 0 amide bonds. The van der Waals surface area contributed by atoms with Crippen LogP contribution in [0.15, 0.2) is 29.0 Å². The topological polar surface area (TPSA) is 49.4 Å². The van der Waals surface area contributed by atoms with E-state index in [0.29, 0.717) is 23.3 Å².